The first kappa shape index (κ1) is 13.8. The van der Waals surface area contributed by atoms with Gasteiger partial charge in [0, 0.05) is 20.5 Å². The van der Waals surface area contributed by atoms with Crippen LogP contribution in [0.4, 0.5) is 0 Å². The molecular weight excluding hydrogens is 282 g/mol. The molecule has 2 aromatic heterocycles. The summed E-state index contributed by atoms with van der Waals surface area (Å²) in [5.41, 5.74) is 1.33. The highest BCUT2D eigenvalue weighted by atomic mass is 32.1. The number of thiophene rings is 2. The quantitative estimate of drug-likeness (QED) is 0.638. The zero-order chi connectivity index (χ0) is 13.9. The Labute approximate surface area is 128 Å². The van der Waals surface area contributed by atoms with Gasteiger partial charge in [-0.25, -0.2) is 0 Å². The van der Waals surface area contributed by atoms with Crippen LogP contribution in [0, 0.1) is 0 Å². The highest BCUT2D eigenvalue weighted by Crippen LogP contribution is 2.35. The molecular formula is C17H19NS2. The molecule has 0 radical (unpaired) electrons. The Morgan fingerprint density at radius 3 is 2.85 bits per heavy atom. The minimum absolute atomic E-state index is 0.489. The minimum atomic E-state index is 0.489. The number of fused-ring (bicyclic) bond motifs is 1. The van der Waals surface area contributed by atoms with Crippen LogP contribution in [0.25, 0.3) is 20.5 Å². The first-order valence-corrected chi connectivity index (χ1v) is 8.76. The maximum atomic E-state index is 3.42. The van der Waals surface area contributed by atoms with Crippen LogP contribution >= 0.6 is 22.7 Å². The van der Waals surface area contributed by atoms with Crippen LogP contribution < -0.4 is 5.32 Å². The maximum Gasteiger partial charge on any atom is 0.0412 e. The summed E-state index contributed by atoms with van der Waals surface area (Å²) in [7, 11) is 2.05. The fraction of sp³-hybridized carbons (Fsp3) is 0.294. The van der Waals surface area contributed by atoms with Gasteiger partial charge < -0.3 is 5.32 Å². The smallest absolute Gasteiger partial charge is 0.0412 e. The van der Waals surface area contributed by atoms with Crippen LogP contribution in [0.1, 0.15) is 30.7 Å². The summed E-state index contributed by atoms with van der Waals surface area (Å²) in [5.74, 6) is 0. The number of benzene rings is 1. The van der Waals surface area contributed by atoms with Crippen LogP contribution in [0.15, 0.2) is 41.8 Å². The molecule has 0 saturated heterocycles. The lowest BCUT2D eigenvalue weighted by molar-refractivity contribution is 0.550. The third-order valence-electron chi connectivity index (χ3n) is 3.63. The van der Waals surface area contributed by atoms with E-state index >= 15 is 0 Å². The van der Waals surface area contributed by atoms with Gasteiger partial charge in [0.05, 0.1) is 0 Å². The summed E-state index contributed by atoms with van der Waals surface area (Å²) in [6.07, 6.45) is 2.40. The minimum Gasteiger partial charge on any atom is -0.312 e. The van der Waals surface area contributed by atoms with Crippen LogP contribution in [0.2, 0.25) is 0 Å². The predicted octanol–water partition coefficient (Wildman–Crippen LogP) is 5.69. The van der Waals surface area contributed by atoms with E-state index < -0.39 is 0 Å². The molecule has 1 aromatic carbocycles. The molecule has 0 saturated carbocycles. The fourth-order valence-electron chi connectivity index (χ4n) is 2.53. The number of hydrogen-bond acceptors (Lipinski definition) is 3. The van der Waals surface area contributed by atoms with Crippen molar-refractivity contribution >= 4 is 32.8 Å². The first-order chi connectivity index (χ1) is 9.81. The Hall–Kier alpha value is -1.16. The Bertz CT molecular complexity index is 696. The van der Waals surface area contributed by atoms with E-state index in [2.05, 4.69) is 61.1 Å². The molecule has 3 aromatic rings. The Balaban J connectivity index is 1.92. The summed E-state index contributed by atoms with van der Waals surface area (Å²) >= 11 is 3.72. The van der Waals surface area contributed by atoms with Gasteiger partial charge >= 0.3 is 0 Å². The molecule has 2 heterocycles. The lowest BCUT2D eigenvalue weighted by atomic mass is 10.1. The summed E-state index contributed by atoms with van der Waals surface area (Å²) in [6, 6.07) is 14.0. The van der Waals surface area contributed by atoms with Gasteiger partial charge in [0.25, 0.3) is 0 Å². The summed E-state index contributed by atoms with van der Waals surface area (Å²) in [6.45, 7) is 2.24. The average molecular weight is 301 g/mol. The van der Waals surface area contributed by atoms with Crippen LogP contribution in [-0.4, -0.2) is 7.05 Å². The molecule has 3 heteroatoms. The van der Waals surface area contributed by atoms with Crippen molar-refractivity contribution in [2.24, 2.45) is 0 Å². The van der Waals surface area contributed by atoms with Crippen molar-refractivity contribution < 1.29 is 0 Å². The second kappa shape index (κ2) is 6.08. The molecule has 0 aliphatic carbocycles. The Morgan fingerprint density at radius 2 is 2.05 bits per heavy atom. The van der Waals surface area contributed by atoms with E-state index in [0.717, 1.165) is 0 Å². The molecule has 0 aliphatic heterocycles. The number of hydrogen-bond donors (Lipinski definition) is 1. The lowest BCUT2D eigenvalue weighted by Crippen LogP contribution is -2.14. The van der Waals surface area contributed by atoms with Crippen LogP contribution in [0.3, 0.4) is 0 Å². The van der Waals surface area contributed by atoms with E-state index in [1.165, 1.54) is 38.2 Å². The van der Waals surface area contributed by atoms with E-state index in [0.29, 0.717) is 6.04 Å². The van der Waals surface area contributed by atoms with Gasteiger partial charge in [-0.1, -0.05) is 19.4 Å². The highest BCUT2D eigenvalue weighted by molar-refractivity contribution is 7.17. The third-order valence-corrected chi connectivity index (χ3v) is 5.78. The summed E-state index contributed by atoms with van der Waals surface area (Å²) in [4.78, 5) is 2.80. The molecule has 0 amide bonds. The van der Waals surface area contributed by atoms with Crippen LogP contribution in [0.5, 0.6) is 0 Å². The molecule has 1 N–H and O–H groups in total. The zero-order valence-corrected chi connectivity index (χ0v) is 13.5. The molecule has 0 bridgehead atoms. The van der Waals surface area contributed by atoms with Crippen molar-refractivity contribution in [3.63, 3.8) is 0 Å². The average Bonchev–Trinajstić information content (AvgIpc) is 3.12. The number of nitrogens with one attached hydrogen (secondary N) is 1. The Morgan fingerprint density at radius 1 is 1.15 bits per heavy atom. The van der Waals surface area contributed by atoms with Gasteiger partial charge in [0.2, 0.25) is 0 Å². The van der Waals surface area contributed by atoms with Crippen molar-refractivity contribution in [2.45, 2.75) is 25.8 Å². The largest absolute Gasteiger partial charge is 0.312 e. The molecule has 1 nitrogen and oxygen atoms in total. The molecule has 0 spiro atoms. The molecule has 1 atom stereocenters. The monoisotopic (exact) mass is 301 g/mol. The van der Waals surface area contributed by atoms with E-state index in [1.807, 2.05) is 11.3 Å². The standard InChI is InChI=1S/C17H19NS2/c1-3-4-14(18-2)17-8-7-16(20-17)12-5-6-15-13(11-12)9-10-19-15/h5-11,14,18H,3-4H2,1-2H3. The molecule has 0 aliphatic rings. The second-order valence-electron chi connectivity index (χ2n) is 5.01. The van der Waals surface area contributed by atoms with Gasteiger partial charge in [-0.2, -0.15) is 0 Å². The van der Waals surface area contributed by atoms with Crippen molar-refractivity contribution in [1.82, 2.24) is 5.32 Å². The summed E-state index contributed by atoms with van der Waals surface area (Å²) in [5, 5.41) is 6.93. The van der Waals surface area contributed by atoms with Crippen molar-refractivity contribution in [3.8, 4) is 10.4 Å². The predicted molar refractivity (Wildman–Crippen MR) is 91.8 cm³/mol. The zero-order valence-electron chi connectivity index (χ0n) is 11.8. The van der Waals surface area contributed by atoms with E-state index in [4.69, 9.17) is 0 Å². The molecule has 1 unspecified atom stereocenters. The van der Waals surface area contributed by atoms with Gasteiger partial charge in [0.15, 0.2) is 0 Å². The van der Waals surface area contributed by atoms with Gasteiger partial charge in [-0.3, -0.25) is 0 Å². The molecule has 3 rings (SSSR count). The Kier molecular flexibility index (Phi) is 4.20. The lowest BCUT2D eigenvalue weighted by Gasteiger charge is -2.12. The summed E-state index contributed by atoms with van der Waals surface area (Å²) < 4.78 is 1.37. The normalized spacial score (nSPS) is 12.9. The molecule has 0 fully saturated rings. The topological polar surface area (TPSA) is 12.0 Å². The molecule has 104 valence electrons. The van der Waals surface area contributed by atoms with E-state index in [-0.39, 0.29) is 0 Å². The first-order valence-electron chi connectivity index (χ1n) is 7.06. The van der Waals surface area contributed by atoms with Crippen molar-refractivity contribution in [3.05, 3.63) is 46.7 Å². The maximum absolute atomic E-state index is 3.42. The second-order valence-corrected chi connectivity index (χ2v) is 7.07. The fourth-order valence-corrected chi connectivity index (χ4v) is 4.45. The van der Waals surface area contributed by atoms with Gasteiger partial charge in [0.1, 0.15) is 0 Å². The molecule has 20 heavy (non-hydrogen) atoms. The van der Waals surface area contributed by atoms with Crippen molar-refractivity contribution in [1.29, 1.82) is 0 Å². The van der Waals surface area contributed by atoms with Gasteiger partial charge in [-0.15, -0.1) is 22.7 Å². The van der Waals surface area contributed by atoms with Crippen LogP contribution in [-0.2, 0) is 0 Å². The number of rotatable bonds is 5. The third kappa shape index (κ3) is 2.66. The highest BCUT2D eigenvalue weighted by Gasteiger charge is 2.12. The van der Waals surface area contributed by atoms with Gasteiger partial charge in [-0.05, 0) is 60.1 Å². The SMILES string of the molecule is CCCC(NC)c1ccc(-c2ccc3sccc3c2)s1. The van der Waals surface area contributed by atoms with Crippen molar-refractivity contribution in [2.75, 3.05) is 7.05 Å². The van der Waals surface area contributed by atoms with E-state index in [1.54, 1.807) is 11.3 Å². The van der Waals surface area contributed by atoms with E-state index in [9.17, 15) is 0 Å².